The van der Waals surface area contributed by atoms with Crippen LogP contribution < -0.4 is 16.0 Å². The van der Waals surface area contributed by atoms with Crippen molar-refractivity contribution in [2.45, 2.75) is 71.4 Å². The molecule has 2 heterocycles. The van der Waals surface area contributed by atoms with E-state index in [1.54, 1.807) is 27.7 Å². The smallest absolute Gasteiger partial charge is 0.411 e. The second-order valence-corrected chi connectivity index (χ2v) is 10.8. The summed E-state index contributed by atoms with van der Waals surface area (Å²) >= 11 is 6.30. The third-order valence-corrected chi connectivity index (χ3v) is 6.81. The lowest BCUT2D eigenvalue weighted by Crippen LogP contribution is -2.58. The molecule has 0 bridgehead atoms. The first-order chi connectivity index (χ1) is 18.3. The molecule has 13 heteroatoms. The van der Waals surface area contributed by atoms with E-state index in [1.165, 1.54) is 30.2 Å². The van der Waals surface area contributed by atoms with E-state index in [0.29, 0.717) is 31.7 Å². The summed E-state index contributed by atoms with van der Waals surface area (Å²) in [6.07, 6.45) is -0.552. The van der Waals surface area contributed by atoms with Crippen LogP contribution in [-0.2, 0) is 28.6 Å². The van der Waals surface area contributed by atoms with Crippen LogP contribution in [0.2, 0.25) is 5.02 Å². The molecule has 3 rings (SSSR count). The van der Waals surface area contributed by atoms with E-state index in [-0.39, 0.29) is 17.0 Å². The fourth-order valence-corrected chi connectivity index (χ4v) is 4.79. The van der Waals surface area contributed by atoms with E-state index in [2.05, 4.69) is 20.7 Å². The van der Waals surface area contributed by atoms with Crippen LogP contribution in [0, 0.1) is 5.41 Å². The third kappa shape index (κ3) is 7.39. The number of methoxy groups -OCH3 is 1. The van der Waals surface area contributed by atoms with Crippen LogP contribution in [0.4, 0.5) is 10.5 Å². The molecule has 3 N–H and O–H groups in total. The highest BCUT2D eigenvalue weighted by Gasteiger charge is 2.44. The summed E-state index contributed by atoms with van der Waals surface area (Å²) in [5, 5.41) is 8.11. The number of rotatable bonds is 8. The molecule has 1 aromatic rings. The third-order valence-electron chi connectivity index (χ3n) is 6.49. The minimum Gasteiger partial charge on any atom is -0.453 e. The van der Waals surface area contributed by atoms with Crippen LogP contribution in [0.3, 0.4) is 0 Å². The molecule has 2 saturated heterocycles. The molecule has 0 aliphatic carbocycles. The van der Waals surface area contributed by atoms with Crippen LogP contribution in [0.1, 0.15) is 57.3 Å². The summed E-state index contributed by atoms with van der Waals surface area (Å²) in [4.78, 5) is 64.8. The van der Waals surface area contributed by atoms with Crippen molar-refractivity contribution in [2.24, 2.45) is 5.41 Å². The lowest BCUT2D eigenvalue weighted by atomic mass is 9.85. The number of benzene rings is 1. The number of carbonyl (C=O) groups is 5. The highest BCUT2D eigenvalue weighted by molar-refractivity contribution is 6.34. The molecule has 0 radical (unpaired) electrons. The fourth-order valence-electron chi connectivity index (χ4n) is 4.52. The molecular formula is C26H35ClN4O8. The van der Waals surface area contributed by atoms with Gasteiger partial charge >= 0.3 is 12.1 Å². The summed E-state index contributed by atoms with van der Waals surface area (Å²) in [6.45, 7) is 7.81. The molecule has 12 nitrogen and oxygen atoms in total. The standard InChI is InChI=1S/C26H35ClN4O8/c1-6-38-24-17(13-19(32)39-24)29-22(34)18-8-7-11-31(18)23(35)20(26(2,3)4)30-21(33)15-10-9-14(12-16(15)27)28-25(36)37-5/h9-10,12,17-18,20,24H,6-8,11,13H2,1-5H3,(H,28,36)(H,29,34)(H,30,33)/t17-,18+,20-,24-/m1/s1. The molecule has 4 atom stereocenters. The molecule has 0 saturated carbocycles. The Morgan fingerprint density at radius 3 is 2.56 bits per heavy atom. The second-order valence-electron chi connectivity index (χ2n) is 10.4. The van der Waals surface area contributed by atoms with Crippen molar-refractivity contribution in [3.05, 3.63) is 28.8 Å². The number of anilines is 1. The van der Waals surface area contributed by atoms with Gasteiger partial charge in [0.2, 0.25) is 18.1 Å². The van der Waals surface area contributed by atoms with Gasteiger partial charge in [-0.1, -0.05) is 32.4 Å². The van der Waals surface area contributed by atoms with Gasteiger partial charge in [-0.3, -0.25) is 24.5 Å². The first kappa shape index (κ1) is 30.2. The maximum Gasteiger partial charge on any atom is 0.411 e. The van der Waals surface area contributed by atoms with E-state index < -0.39 is 59.6 Å². The molecule has 0 aromatic heterocycles. The number of likely N-dealkylation sites (tertiary alicyclic amines) is 1. The van der Waals surface area contributed by atoms with Gasteiger partial charge in [0.05, 0.1) is 24.1 Å². The van der Waals surface area contributed by atoms with Gasteiger partial charge in [0.1, 0.15) is 18.1 Å². The average molecular weight is 567 g/mol. The number of cyclic esters (lactones) is 1. The zero-order chi connectivity index (χ0) is 28.9. The van der Waals surface area contributed by atoms with Crippen molar-refractivity contribution in [3.63, 3.8) is 0 Å². The first-order valence-electron chi connectivity index (χ1n) is 12.7. The van der Waals surface area contributed by atoms with Crippen molar-refractivity contribution in [2.75, 3.05) is 25.6 Å². The lowest BCUT2D eigenvalue weighted by molar-refractivity contribution is -0.164. The number of nitrogens with zero attached hydrogens (tertiary/aromatic N) is 1. The molecule has 39 heavy (non-hydrogen) atoms. The molecule has 0 unspecified atom stereocenters. The van der Waals surface area contributed by atoms with Gasteiger partial charge in [0.25, 0.3) is 5.91 Å². The highest BCUT2D eigenvalue weighted by Crippen LogP contribution is 2.28. The first-order valence-corrected chi connectivity index (χ1v) is 13.1. The number of amides is 4. The van der Waals surface area contributed by atoms with Crippen LogP contribution in [-0.4, -0.2) is 79.4 Å². The van der Waals surface area contributed by atoms with Crippen molar-refractivity contribution < 1.29 is 38.2 Å². The minimum atomic E-state index is -0.977. The Morgan fingerprint density at radius 1 is 1.23 bits per heavy atom. The van der Waals surface area contributed by atoms with E-state index in [9.17, 15) is 24.0 Å². The quantitative estimate of drug-likeness (QED) is 0.406. The molecule has 0 spiro atoms. The van der Waals surface area contributed by atoms with E-state index in [0.717, 1.165) is 0 Å². The largest absolute Gasteiger partial charge is 0.453 e. The SMILES string of the molecule is CCO[C@@H]1OC(=O)C[C@H]1NC(=O)[C@@H]1CCCN1C(=O)[C@@H](NC(=O)c1ccc(NC(=O)OC)cc1Cl)C(C)(C)C. The monoisotopic (exact) mass is 566 g/mol. The maximum absolute atomic E-state index is 13.8. The summed E-state index contributed by atoms with van der Waals surface area (Å²) in [7, 11) is 1.22. The Labute approximate surface area is 232 Å². The van der Waals surface area contributed by atoms with Gasteiger partial charge in [-0.05, 0) is 43.4 Å². The topological polar surface area (TPSA) is 152 Å². The van der Waals surface area contributed by atoms with Gasteiger partial charge in [-0.25, -0.2) is 4.79 Å². The van der Waals surface area contributed by atoms with Crippen LogP contribution in [0.5, 0.6) is 0 Å². The molecule has 214 valence electrons. The number of ether oxygens (including phenoxy) is 3. The number of hydrogen-bond acceptors (Lipinski definition) is 8. The average Bonchev–Trinajstić information content (AvgIpc) is 3.48. The van der Waals surface area contributed by atoms with Gasteiger partial charge in [0.15, 0.2) is 0 Å². The van der Waals surface area contributed by atoms with Crippen LogP contribution in [0.15, 0.2) is 18.2 Å². The predicted molar refractivity (Wildman–Crippen MR) is 141 cm³/mol. The molecule has 4 amide bonds. The Morgan fingerprint density at radius 2 is 1.95 bits per heavy atom. The summed E-state index contributed by atoms with van der Waals surface area (Å²) in [5.41, 5.74) is -0.266. The highest BCUT2D eigenvalue weighted by atomic mass is 35.5. The number of carbonyl (C=O) groups excluding carboxylic acids is 5. The number of nitrogens with one attached hydrogen (secondary N) is 3. The zero-order valence-corrected chi connectivity index (χ0v) is 23.4. The van der Waals surface area contributed by atoms with Gasteiger partial charge in [-0.15, -0.1) is 0 Å². The van der Waals surface area contributed by atoms with Crippen molar-refractivity contribution in [1.82, 2.24) is 15.5 Å². The minimum absolute atomic E-state index is 0.0214. The number of esters is 1. The Balaban J connectivity index is 1.74. The molecule has 2 aliphatic heterocycles. The van der Waals surface area contributed by atoms with E-state index in [4.69, 9.17) is 21.1 Å². The predicted octanol–water partition coefficient (Wildman–Crippen LogP) is 2.45. The van der Waals surface area contributed by atoms with Gasteiger partial charge < -0.3 is 29.7 Å². The Bertz CT molecular complexity index is 1120. The normalized spacial score (nSPS) is 21.6. The molecular weight excluding hydrogens is 532 g/mol. The van der Waals surface area contributed by atoms with Crippen LogP contribution >= 0.6 is 11.6 Å². The number of hydrogen-bond donors (Lipinski definition) is 3. The second kappa shape index (κ2) is 12.6. The van der Waals surface area contributed by atoms with Crippen molar-refractivity contribution in [1.29, 1.82) is 0 Å². The van der Waals surface area contributed by atoms with E-state index in [1.807, 2.05) is 0 Å². The van der Waals surface area contributed by atoms with Crippen molar-refractivity contribution in [3.8, 4) is 0 Å². The Hall–Kier alpha value is -3.38. The van der Waals surface area contributed by atoms with E-state index >= 15 is 0 Å². The van der Waals surface area contributed by atoms with Crippen LogP contribution in [0.25, 0.3) is 0 Å². The maximum atomic E-state index is 13.8. The van der Waals surface area contributed by atoms with Gasteiger partial charge in [-0.2, -0.15) is 0 Å². The Kier molecular flexibility index (Phi) is 9.78. The summed E-state index contributed by atoms with van der Waals surface area (Å²) < 4.78 is 15.1. The summed E-state index contributed by atoms with van der Waals surface area (Å²) in [5.74, 6) is -1.88. The lowest BCUT2D eigenvalue weighted by Gasteiger charge is -2.35. The summed E-state index contributed by atoms with van der Waals surface area (Å²) in [6, 6.07) is 1.91. The number of halogens is 1. The van der Waals surface area contributed by atoms with Gasteiger partial charge in [0, 0.05) is 18.8 Å². The molecule has 2 fully saturated rings. The fraction of sp³-hybridized carbons (Fsp3) is 0.577. The zero-order valence-electron chi connectivity index (χ0n) is 22.7. The van der Waals surface area contributed by atoms with Crippen molar-refractivity contribution >= 4 is 47.1 Å². The molecule has 2 aliphatic rings. The molecule has 1 aromatic carbocycles.